The van der Waals surface area contributed by atoms with E-state index in [9.17, 15) is 18.0 Å². The zero-order valence-electron chi connectivity index (χ0n) is 18.8. The first kappa shape index (κ1) is 22.8. The molecule has 0 aliphatic carbocycles. The lowest BCUT2D eigenvalue weighted by Gasteiger charge is -2.40. The summed E-state index contributed by atoms with van der Waals surface area (Å²) in [5, 5.41) is 0. The standard InChI is InChI=1S/C22H32N4O6S/c27-20(25-10-5-22(6-11-25)31-12-13-32-22)17-4-3-9-26(16-17)33(29,30)18-14-19(23-15-18)21(28)24-7-1-2-8-24/h14-15,17,23H,1-13,16H2/t17-/m0/s1. The number of nitrogens with zero attached hydrogens (tertiary/aromatic N) is 3. The van der Waals surface area contributed by atoms with Gasteiger partial charge in [0, 0.05) is 58.3 Å². The van der Waals surface area contributed by atoms with Gasteiger partial charge in [0.1, 0.15) is 10.6 Å². The van der Waals surface area contributed by atoms with Crippen LogP contribution in [-0.4, -0.2) is 97.6 Å². The molecule has 4 aliphatic heterocycles. The molecule has 33 heavy (non-hydrogen) atoms. The molecule has 0 radical (unpaired) electrons. The highest BCUT2D eigenvalue weighted by atomic mass is 32.2. The average Bonchev–Trinajstić information content (AvgIpc) is 3.61. The van der Waals surface area contributed by atoms with E-state index >= 15 is 0 Å². The first-order chi connectivity index (χ1) is 15.9. The zero-order valence-corrected chi connectivity index (χ0v) is 19.6. The largest absolute Gasteiger partial charge is 0.356 e. The number of sulfonamides is 1. The predicted molar refractivity (Wildman–Crippen MR) is 118 cm³/mol. The molecule has 5 heterocycles. The Labute approximate surface area is 194 Å². The van der Waals surface area contributed by atoms with Crippen molar-refractivity contribution in [2.75, 3.05) is 52.5 Å². The van der Waals surface area contributed by atoms with Crippen LogP contribution in [0.5, 0.6) is 0 Å². The Morgan fingerprint density at radius 1 is 0.970 bits per heavy atom. The van der Waals surface area contributed by atoms with Gasteiger partial charge in [0.2, 0.25) is 15.9 Å². The van der Waals surface area contributed by atoms with Crippen LogP contribution in [0.3, 0.4) is 0 Å². The fraction of sp³-hybridized carbons (Fsp3) is 0.727. The molecule has 0 aromatic carbocycles. The third-order valence-electron chi connectivity index (χ3n) is 7.30. The summed E-state index contributed by atoms with van der Waals surface area (Å²) in [6.07, 6.45) is 5.91. The van der Waals surface area contributed by atoms with Crippen molar-refractivity contribution >= 4 is 21.8 Å². The zero-order chi connectivity index (χ0) is 23.1. The molecule has 1 aromatic heterocycles. The van der Waals surface area contributed by atoms with Gasteiger partial charge in [-0.05, 0) is 31.7 Å². The minimum Gasteiger partial charge on any atom is -0.356 e. The highest BCUT2D eigenvalue weighted by Crippen LogP contribution is 2.33. The maximum atomic E-state index is 13.3. The highest BCUT2D eigenvalue weighted by Gasteiger charge is 2.43. The summed E-state index contributed by atoms with van der Waals surface area (Å²) in [5.74, 6) is -1.07. The van der Waals surface area contributed by atoms with Crippen LogP contribution >= 0.6 is 0 Å². The molecular weight excluding hydrogens is 448 g/mol. The van der Waals surface area contributed by atoms with Gasteiger partial charge in [0.15, 0.2) is 5.79 Å². The summed E-state index contributed by atoms with van der Waals surface area (Å²) in [4.78, 5) is 32.2. The summed E-state index contributed by atoms with van der Waals surface area (Å²) in [6, 6.07) is 1.42. The molecule has 1 atom stereocenters. The minimum absolute atomic E-state index is 0.00159. The molecule has 1 spiro atoms. The van der Waals surface area contributed by atoms with Crippen LogP contribution in [0.4, 0.5) is 0 Å². The van der Waals surface area contributed by atoms with E-state index in [1.165, 1.54) is 16.6 Å². The number of ether oxygens (including phenoxy) is 2. The van der Waals surface area contributed by atoms with Crippen LogP contribution in [0.1, 0.15) is 49.0 Å². The van der Waals surface area contributed by atoms with Gasteiger partial charge in [-0.1, -0.05) is 0 Å². The summed E-state index contributed by atoms with van der Waals surface area (Å²) in [6.45, 7) is 4.23. The van der Waals surface area contributed by atoms with Crippen molar-refractivity contribution in [2.45, 2.75) is 49.2 Å². The van der Waals surface area contributed by atoms with Crippen molar-refractivity contribution in [3.8, 4) is 0 Å². The second kappa shape index (κ2) is 9.01. The Balaban J connectivity index is 1.23. The predicted octanol–water partition coefficient (Wildman–Crippen LogP) is 1.02. The number of carbonyl (C=O) groups is 2. The fourth-order valence-corrected chi connectivity index (χ4v) is 6.88. The molecule has 2 amide bonds. The maximum Gasteiger partial charge on any atom is 0.270 e. The van der Waals surface area contributed by atoms with Gasteiger partial charge in [-0.15, -0.1) is 0 Å². The van der Waals surface area contributed by atoms with E-state index < -0.39 is 15.8 Å². The van der Waals surface area contributed by atoms with Crippen LogP contribution in [0, 0.1) is 5.92 Å². The second-order valence-electron chi connectivity index (χ2n) is 9.38. The topological polar surface area (TPSA) is 112 Å². The molecule has 4 saturated heterocycles. The van der Waals surface area contributed by atoms with E-state index in [-0.39, 0.29) is 29.2 Å². The Morgan fingerprint density at radius 3 is 2.36 bits per heavy atom. The SMILES string of the molecule is O=C(c1cc(S(=O)(=O)N2CCC[C@H](C(=O)N3CCC4(CC3)OCCO4)C2)c[nH]1)N1CCCC1. The number of hydrogen-bond donors (Lipinski definition) is 1. The van der Waals surface area contributed by atoms with E-state index in [2.05, 4.69) is 4.98 Å². The number of nitrogens with one attached hydrogen (secondary N) is 1. The lowest BCUT2D eigenvalue weighted by molar-refractivity contribution is -0.188. The van der Waals surface area contributed by atoms with Gasteiger partial charge in [-0.3, -0.25) is 9.59 Å². The number of carbonyl (C=O) groups excluding carboxylic acids is 2. The molecule has 0 unspecified atom stereocenters. The lowest BCUT2D eigenvalue weighted by Crippen LogP contribution is -2.51. The van der Waals surface area contributed by atoms with E-state index in [0.717, 1.165) is 12.8 Å². The highest BCUT2D eigenvalue weighted by molar-refractivity contribution is 7.89. The van der Waals surface area contributed by atoms with Crippen LogP contribution in [0.15, 0.2) is 17.2 Å². The summed E-state index contributed by atoms with van der Waals surface area (Å²) in [7, 11) is -3.79. The molecule has 182 valence electrons. The van der Waals surface area contributed by atoms with Gasteiger partial charge >= 0.3 is 0 Å². The third kappa shape index (κ3) is 4.43. The van der Waals surface area contributed by atoms with Crippen LogP contribution in [-0.2, 0) is 24.3 Å². The fourth-order valence-electron chi connectivity index (χ4n) is 5.36. The average molecular weight is 481 g/mol. The Hall–Kier alpha value is -1.95. The van der Waals surface area contributed by atoms with Gasteiger partial charge in [-0.2, -0.15) is 4.31 Å². The molecule has 4 aliphatic rings. The van der Waals surface area contributed by atoms with Crippen LogP contribution < -0.4 is 0 Å². The maximum absolute atomic E-state index is 13.3. The quantitative estimate of drug-likeness (QED) is 0.689. The lowest BCUT2D eigenvalue weighted by atomic mass is 9.96. The third-order valence-corrected chi connectivity index (χ3v) is 9.14. The van der Waals surface area contributed by atoms with Gasteiger partial charge in [0.25, 0.3) is 5.91 Å². The molecule has 1 N–H and O–H groups in total. The minimum atomic E-state index is -3.79. The molecule has 10 nitrogen and oxygen atoms in total. The number of aromatic nitrogens is 1. The summed E-state index contributed by atoms with van der Waals surface area (Å²) >= 11 is 0. The van der Waals surface area contributed by atoms with Gasteiger partial charge in [0.05, 0.1) is 19.1 Å². The molecular formula is C22H32N4O6S. The molecule has 11 heteroatoms. The first-order valence-corrected chi connectivity index (χ1v) is 13.4. The first-order valence-electron chi connectivity index (χ1n) is 11.9. The van der Waals surface area contributed by atoms with E-state index in [1.54, 1.807) is 4.90 Å². The van der Waals surface area contributed by atoms with E-state index in [0.29, 0.717) is 77.3 Å². The van der Waals surface area contributed by atoms with Crippen molar-refractivity contribution in [1.82, 2.24) is 19.1 Å². The number of rotatable bonds is 4. The van der Waals surface area contributed by atoms with E-state index in [4.69, 9.17) is 9.47 Å². The van der Waals surface area contributed by atoms with Crippen molar-refractivity contribution in [3.05, 3.63) is 18.0 Å². The smallest absolute Gasteiger partial charge is 0.270 e. The molecule has 5 rings (SSSR count). The molecule has 0 saturated carbocycles. The Morgan fingerprint density at radius 2 is 1.67 bits per heavy atom. The van der Waals surface area contributed by atoms with Gasteiger partial charge < -0.3 is 24.3 Å². The summed E-state index contributed by atoms with van der Waals surface area (Å²) in [5.41, 5.74) is 0.290. The normalized spacial score (nSPS) is 26.2. The molecule has 0 bridgehead atoms. The number of likely N-dealkylation sites (tertiary alicyclic amines) is 2. The van der Waals surface area contributed by atoms with Crippen molar-refractivity contribution < 1.29 is 27.5 Å². The van der Waals surface area contributed by atoms with Crippen molar-refractivity contribution in [1.29, 1.82) is 0 Å². The monoisotopic (exact) mass is 480 g/mol. The van der Waals surface area contributed by atoms with Crippen molar-refractivity contribution in [2.24, 2.45) is 5.92 Å². The Kier molecular flexibility index (Phi) is 6.23. The second-order valence-corrected chi connectivity index (χ2v) is 11.3. The van der Waals surface area contributed by atoms with Crippen LogP contribution in [0.2, 0.25) is 0 Å². The number of amides is 2. The van der Waals surface area contributed by atoms with E-state index in [1.807, 2.05) is 4.90 Å². The number of aromatic amines is 1. The number of H-pyrrole nitrogens is 1. The van der Waals surface area contributed by atoms with Crippen LogP contribution in [0.25, 0.3) is 0 Å². The number of hydrogen-bond acceptors (Lipinski definition) is 6. The number of piperidine rings is 2. The summed E-state index contributed by atoms with van der Waals surface area (Å²) < 4.78 is 39.4. The Bertz CT molecular complexity index is 986. The van der Waals surface area contributed by atoms with Crippen molar-refractivity contribution in [3.63, 3.8) is 0 Å². The van der Waals surface area contributed by atoms with Gasteiger partial charge in [-0.25, -0.2) is 8.42 Å². The molecule has 4 fully saturated rings. The molecule has 1 aromatic rings.